The Morgan fingerprint density at radius 2 is 2.21 bits per heavy atom. The number of rotatable bonds is 4. The molecule has 0 fully saturated rings. The summed E-state index contributed by atoms with van der Waals surface area (Å²) in [5.74, 6) is -2.40. The lowest BCUT2D eigenvalue weighted by atomic mass is 10.2. The van der Waals surface area contributed by atoms with Gasteiger partial charge in [0.1, 0.15) is 0 Å². The van der Waals surface area contributed by atoms with Crippen molar-refractivity contribution in [2.45, 2.75) is 13.5 Å². The number of thiazole rings is 1. The molecule has 0 aliphatic heterocycles. The van der Waals surface area contributed by atoms with Gasteiger partial charge in [-0.15, -0.1) is 11.3 Å². The Hall–Kier alpha value is -2.09. The van der Waals surface area contributed by atoms with Gasteiger partial charge >= 0.3 is 0 Å². The van der Waals surface area contributed by atoms with E-state index in [2.05, 4.69) is 10.3 Å². The summed E-state index contributed by atoms with van der Waals surface area (Å²) in [5, 5.41) is 15.9. The molecule has 0 amide bonds. The molecule has 0 spiro atoms. The zero-order valence-corrected chi connectivity index (χ0v) is 10.6. The van der Waals surface area contributed by atoms with Gasteiger partial charge in [-0.2, -0.15) is 0 Å². The van der Waals surface area contributed by atoms with Gasteiger partial charge in [0.05, 0.1) is 22.2 Å². The third kappa shape index (κ3) is 2.84. The van der Waals surface area contributed by atoms with Gasteiger partial charge in [-0.25, -0.2) is 13.8 Å². The minimum absolute atomic E-state index is 0.0888. The van der Waals surface area contributed by atoms with Crippen LogP contribution in [-0.2, 0) is 6.54 Å². The Morgan fingerprint density at radius 1 is 1.47 bits per heavy atom. The van der Waals surface area contributed by atoms with Crippen LogP contribution < -0.4 is 5.32 Å². The molecule has 0 aliphatic carbocycles. The van der Waals surface area contributed by atoms with E-state index in [1.54, 1.807) is 12.3 Å². The summed E-state index contributed by atoms with van der Waals surface area (Å²) >= 11 is 1.40. The number of nitro groups is 1. The molecule has 0 atom stereocenters. The third-order valence-corrected chi connectivity index (χ3v) is 3.20. The van der Waals surface area contributed by atoms with Crippen LogP contribution in [0.2, 0.25) is 0 Å². The topological polar surface area (TPSA) is 68.1 Å². The minimum atomic E-state index is -1.26. The second-order valence-corrected chi connectivity index (χ2v) is 4.79. The van der Waals surface area contributed by atoms with E-state index in [0.717, 1.165) is 17.1 Å². The van der Waals surface area contributed by atoms with Gasteiger partial charge in [0.25, 0.3) is 5.69 Å². The molecule has 0 saturated heterocycles. The monoisotopic (exact) mass is 285 g/mol. The lowest BCUT2D eigenvalue weighted by molar-refractivity contribution is -0.384. The Bertz CT molecular complexity index is 630. The van der Waals surface area contributed by atoms with Gasteiger partial charge in [0.15, 0.2) is 17.3 Å². The van der Waals surface area contributed by atoms with Gasteiger partial charge in [-0.3, -0.25) is 10.1 Å². The largest absolute Gasteiger partial charge is 0.371 e. The molecule has 0 radical (unpaired) electrons. The Balaban J connectivity index is 2.28. The summed E-state index contributed by atoms with van der Waals surface area (Å²) in [4.78, 5) is 14.1. The fourth-order valence-corrected chi connectivity index (χ4v) is 2.14. The van der Waals surface area contributed by atoms with Crippen LogP contribution in [0.25, 0.3) is 0 Å². The van der Waals surface area contributed by atoms with Gasteiger partial charge in [0, 0.05) is 11.4 Å². The molecule has 1 N–H and O–H groups in total. The predicted octanol–water partition coefficient (Wildman–Crippen LogP) is 3.25. The van der Waals surface area contributed by atoms with Crippen molar-refractivity contribution in [1.82, 2.24) is 4.98 Å². The van der Waals surface area contributed by atoms with Crippen LogP contribution in [0.15, 0.2) is 17.5 Å². The summed E-state index contributed by atoms with van der Waals surface area (Å²) in [6, 6.07) is 1.65. The number of aromatic nitrogens is 1. The number of nitro benzene ring substituents is 1. The molecule has 1 aromatic heterocycles. The Kier molecular flexibility index (Phi) is 3.70. The number of nitrogens with zero attached hydrogens (tertiary/aromatic N) is 2. The quantitative estimate of drug-likeness (QED) is 0.691. The van der Waals surface area contributed by atoms with E-state index in [1.165, 1.54) is 11.3 Å². The molecule has 0 saturated carbocycles. The Labute approximate surface area is 111 Å². The van der Waals surface area contributed by atoms with Gasteiger partial charge in [0.2, 0.25) is 0 Å². The lowest BCUT2D eigenvalue weighted by Gasteiger charge is -2.07. The number of anilines is 1. The highest BCUT2D eigenvalue weighted by Crippen LogP contribution is 2.29. The minimum Gasteiger partial charge on any atom is -0.371 e. The Morgan fingerprint density at radius 3 is 2.79 bits per heavy atom. The standard InChI is InChI=1S/C11H9F2N3O2S/c1-6-15-7(5-19-6)4-14-11-9(16(17)18)3-2-8(12)10(11)13/h2-3,5,14H,4H2,1H3. The number of hydrogen-bond donors (Lipinski definition) is 1. The molecule has 2 aromatic rings. The smallest absolute Gasteiger partial charge is 0.295 e. The molecular weight excluding hydrogens is 276 g/mol. The average Bonchev–Trinajstić information content (AvgIpc) is 2.76. The van der Waals surface area contributed by atoms with E-state index in [0.29, 0.717) is 5.69 Å². The molecular formula is C11H9F2N3O2S. The van der Waals surface area contributed by atoms with Crippen molar-refractivity contribution >= 4 is 22.7 Å². The van der Waals surface area contributed by atoms with E-state index in [4.69, 9.17) is 0 Å². The summed E-state index contributed by atoms with van der Waals surface area (Å²) < 4.78 is 26.7. The van der Waals surface area contributed by atoms with E-state index in [9.17, 15) is 18.9 Å². The maximum absolute atomic E-state index is 13.6. The van der Waals surface area contributed by atoms with Crippen molar-refractivity contribution in [1.29, 1.82) is 0 Å². The zero-order valence-electron chi connectivity index (χ0n) is 9.81. The van der Waals surface area contributed by atoms with Crippen molar-refractivity contribution in [2.75, 3.05) is 5.32 Å². The first-order valence-corrected chi connectivity index (χ1v) is 6.14. The first kappa shape index (κ1) is 13.3. The number of aryl methyl sites for hydroxylation is 1. The molecule has 1 aromatic carbocycles. The normalized spacial score (nSPS) is 10.5. The fourth-order valence-electron chi connectivity index (χ4n) is 1.53. The van der Waals surface area contributed by atoms with Crippen LogP contribution in [0.3, 0.4) is 0 Å². The lowest BCUT2D eigenvalue weighted by Crippen LogP contribution is -2.06. The highest BCUT2D eigenvalue weighted by molar-refractivity contribution is 7.09. The fraction of sp³-hybridized carbons (Fsp3) is 0.182. The van der Waals surface area contributed by atoms with Crippen molar-refractivity contribution in [2.24, 2.45) is 0 Å². The zero-order chi connectivity index (χ0) is 14.0. The second kappa shape index (κ2) is 5.27. The van der Waals surface area contributed by atoms with Crippen LogP contribution in [0, 0.1) is 28.7 Å². The van der Waals surface area contributed by atoms with Crippen LogP contribution in [0.5, 0.6) is 0 Å². The number of hydrogen-bond acceptors (Lipinski definition) is 5. The molecule has 100 valence electrons. The molecule has 19 heavy (non-hydrogen) atoms. The molecule has 0 bridgehead atoms. The molecule has 8 heteroatoms. The summed E-state index contributed by atoms with van der Waals surface area (Å²) in [7, 11) is 0. The summed E-state index contributed by atoms with van der Waals surface area (Å²) in [6.45, 7) is 1.89. The van der Waals surface area contributed by atoms with Crippen LogP contribution in [0.1, 0.15) is 10.7 Å². The molecule has 0 aliphatic rings. The van der Waals surface area contributed by atoms with Crippen molar-refractivity contribution in [3.63, 3.8) is 0 Å². The SMILES string of the molecule is Cc1nc(CNc2c([N+](=O)[O-])ccc(F)c2F)cs1. The maximum Gasteiger partial charge on any atom is 0.295 e. The number of benzene rings is 1. The maximum atomic E-state index is 13.6. The molecule has 2 rings (SSSR count). The van der Waals surface area contributed by atoms with Gasteiger partial charge < -0.3 is 5.32 Å². The average molecular weight is 285 g/mol. The summed E-state index contributed by atoms with van der Waals surface area (Å²) in [6.07, 6.45) is 0. The van der Waals surface area contributed by atoms with Crippen molar-refractivity contribution in [3.8, 4) is 0 Å². The molecule has 1 heterocycles. The van der Waals surface area contributed by atoms with Crippen LogP contribution in [-0.4, -0.2) is 9.91 Å². The first-order valence-electron chi connectivity index (χ1n) is 5.26. The first-order chi connectivity index (χ1) is 8.99. The predicted molar refractivity (Wildman–Crippen MR) is 67.2 cm³/mol. The molecule has 5 nitrogen and oxygen atoms in total. The second-order valence-electron chi connectivity index (χ2n) is 3.72. The van der Waals surface area contributed by atoms with Crippen molar-refractivity contribution < 1.29 is 13.7 Å². The van der Waals surface area contributed by atoms with Gasteiger partial charge in [-0.05, 0) is 13.0 Å². The van der Waals surface area contributed by atoms with E-state index < -0.39 is 27.9 Å². The highest BCUT2D eigenvalue weighted by Gasteiger charge is 2.21. The molecule has 0 unspecified atom stereocenters. The number of nitrogens with one attached hydrogen (secondary N) is 1. The van der Waals surface area contributed by atoms with E-state index in [1.807, 2.05) is 0 Å². The highest BCUT2D eigenvalue weighted by atomic mass is 32.1. The van der Waals surface area contributed by atoms with Crippen molar-refractivity contribution in [3.05, 3.63) is 50.0 Å². The number of halogens is 2. The summed E-state index contributed by atoms with van der Waals surface area (Å²) in [5.41, 5.74) is -0.359. The van der Waals surface area contributed by atoms with E-state index in [-0.39, 0.29) is 6.54 Å². The third-order valence-electron chi connectivity index (χ3n) is 2.38. The van der Waals surface area contributed by atoms with Crippen LogP contribution >= 0.6 is 11.3 Å². The van der Waals surface area contributed by atoms with E-state index >= 15 is 0 Å². The van der Waals surface area contributed by atoms with Crippen LogP contribution in [0.4, 0.5) is 20.2 Å². The van der Waals surface area contributed by atoms with Gasteiger partial charge in [-0.1, -0.05) is 0 Å².